The maximum Gasteiger partial charge on any atom is 0.163 e. The molecular weight excluding hydrogens is 429 g/mol. The molecule has 3 aromatic rings. The Kier molecular flexibility index (Phi) is 7.54. The average molecular weight is 451 g/mol. The highest BCUT2D eigenvalue weighted by molar-refractivity contribution is 6.35. The molecule has 0 fully saturated rings. The molecule has 0 saturated carbocycles. The number of rotatable bonds is 8. The fourth-order valence-corrected chi connectivity index (χ4v) is 3.54. The Bertz CT molecular complexity index is 954. The number of anilines is 1. The Hall–Kier alpha value is -2.07. The van der Waals surface area contributed by atoms with Crippen molar-refractivity contribution >= 4 is 40.5 Å². The van der Waals surface area contributed by atoms with Gasteiger partial charge in [-0.15, -0.1) is 0 Å². The van der Waals surface area contributed by atoms with E-state index in [1.165, 1.54) is 5.56 Å². The quantitative estimate of drug-likeness (QED) is 0.384. The van der Waals surface area contributed by atoms with Gasteiger partial charge in [-0.1, -0.05) is 64.6 Å². The zero-order valence-corrected chi connectivity index (χ0v) is 18.5. The number of nitrogens with one attached hydrogen (secondary N) is 1. The number of hydrogen-bond donors (Lipinski definition) is 1. The van der Waals surface area contributed by atoms with Gasteiger partial charge in [0.1, 0.15) is 6.61 Å². The number of benzene rings is 3. The van der Waals surface area contributed by atoms with Crippen molar-refractivity contribution in [2.45, 2.75) is 27.0 Å². The molecule has 0 saturated heterocycles. The summed E-state index contributed by atoms with van der Waals surface area (Å²) in [5.74, 6) is 1.27. The molecule has 1 N–H and O–H groups in total. The summed E-state index contributed by atoms with van der Waals surface area (Å²) in [5.41, 5.74) is 3.99. The lowest BCUT2D eigenvalue weighted by molar-refractivity contribution is 0.269. The fourth-order valence-electron chi connectivity index (χ4n) is 2.79. The van der Waals surface area contributed by atoms with Gasteiger partial charge in [0.15, 0.2) is 11.5 Å². The minimum atomic E-state index is 0.440. The normalized spacial score (nSPS) is 10.7. The minimum Gasteiger partial charge on any atom is -0.490 e. The van der Waals surface area contributed by atoms with Gasteiger partial charge in [0.2, 0.25) is 0 Å². The third-order valence-electron chi connectivity index (χ3n) is 4.27. The molecule has 0 aliphatic heterocycles. The predicted octanol–water partition coefficient (Wildman–Crippen LogP) is 7.55. The standard InChI is InChI=1S/C23H22Cl3NO2/c1-3-28-22-8-17(13-27-20-10-18(24)9-19(25)11-20)21(26)12-23(22)29-14-16-6-4-15(2)5-7-16/h4-12,27H,3,13-14H2,1-2H3. The third kappa shape index (κ3) is 6.20. The van der Waals surface area contributed by atoms with Gasteiger partial charge in [0, 0.05) is 33.4 Å². The summed E-state index contributed by atoms with van der Waals surface area (Å²) in [5, 5.41) is 5.02. The lowest BCUT2D eigenvalue weighted by Gasteiger charge is -2.16. The van der Waals surface area contributed by atoms with E-state index in [9.17, 15) is 0 Å². The van der Waals surface area contributed by atoms with Crippen molar-refractivity contribution in [2.75, 3.05) is 11.9 Å². The number of hydrogen-bond acceptors (Lipinski definition) is 3. The largest absolute Gasteiger partial charge is 0.490 e. The van der Waals surface area contributed by atoms with Crippen LogP contribution in [0.15, 0.2) is 54.6 Å². The summed E-state index contributed by atoms with van der Waals surface area (Å²) in [7, 11) is 0. The van der Waals surface area contributed by atoms with E-state index in [2.05, 4.69) is 24.4 Å². The minimum absolute atomic E-state index is 0.440. The van der Waals surface area contributed by atoms with Crippen molar-refractivity contribution < 1.29 is 9.47 Å². The molecule has 0 spiro atoms. The van der Waals surface area contributed by atoms with E-state index in [-0.39, 0.29) is 0 Å². The molecule has 29 heavy (non-hydrogen) atoms. The second-order valence-corrected chi connectivity index (χ2v) is 7.89. The molecule has 152 valence electrons. The zero-order chi connectivity index (χ0) is 20.8. The molecule has 0 heterocycles. The SMILES string of the molecule is CCOc1cc(CNc2cc(Cl)cc(Cl)c2)c(Cl)cc1OCc1ccc(C)cc1. The summed E-state index contributed by atoms with van der Waals surface area (Å²) >= 11 is 18.6. The summed E-state index contributed by atoms with van der Waals surface area (Å²) in [6, 6.07) is 17.2. The van der Waals surface area contributed by atoms with Crippen LogP contribution in [0.25, 0.3) is 0 Å². The van der Waals surface area contributed by atoms with Crippen LogP contribution >= 0.6 is 34.8 Å². The first-order valence-electron chi connectivity index (χ1n) is 9.28. The summed E-state index contributed by atoms with van der Waals surface area (Å²) in [4.78, 5) is 0. The van der Waals surface area contributed by atoms with Crippen LogP contribution in [-0.4, -0.2) is 6.61 Å². The first kappa shape index (κ1) is 21.6. The molecule has 3 aromatic carbocycles. The van der Waals surface area contributed by atoms with Crippen LogP contribution in [0.5, 0.6) is 11.5 Å². The number of ether oxygens (including phenoxy) is 2. The van der Waals surface area contributed by atoms with Crippen LogP contribution in [0.1, 0.15) is 23.6 Å². The van der Waals surface area contributed by atoms with Gasteiger partial charge in [0.25, 0.3) is 0 Å². The molecular formula is C23H22Cl3NO2. The average Bonchev–Trinajstić information content (AvgIpc) is 2.67. The summed E-state index contributed by atoms with van der Waals surface area (Å²) in [6.45, 7) is 5.45. The van der Waals surface area contributed by atoms with E-state index in [1.807, 2.05) is 37.3 Å². The maximum absolute atomic E-state index is 6.51. The monoisotopic (exact) mass is 449 g/mol. The van der Waals surface area contributed by atoms with Gasteiger partial charge in [-0.3, -0.25) is 0 Å². The van der Waals surface area contributed by atoms with Gasteiger partial charge >= 0.3 is 0 Å². The van der Waals surface area contributed by atoms with Gasteiger partial charge in [-0.25, -0.2) is 0 Å². The van der Waals surface area contributed by atoms with Crippen LogP contribution < -0.4 is 14.8 Å². The molecule has 3 rings (SSSR count). The molecule has 0 aliphatic rings. The molecule has 0 aliphatic carbocycles. The van der Waals surface area contributed by atoms with Crippen LogP contribution in [0.2, 0.25) is 15.1 Å². The first-order valence-corrected chi connectivity index (χ1v) is 10.4. The van der Waals surface area contributed by atoms with Gasteiger partial charge in [-0.05, 0) is 49.2 Å². The Labute approximate surface area is 186 Å². The van der Waals surface area contributed by atoms with E-state index in [4.69, 9.17) is 44.3 Å². The lowest BCUT2D eigenvalue weighted by Crippen LogP contribution is -2.04. The molecule has 0 bridgehead atoms. The van der Waals surface area contributed by atoms with Crippen LogP contribution in [-0.2, 0) is 13.2 Å². The van der Waals surface area contributed by atoms with Crippen LogP contribution in [0.4, 0.5) is 5.69 Å². The third-order valence-corrected chi connectivity index (χ3v) is 5.06. The van der Waals surface area contributed by atoms with E-state index in [0.717, 1.165) is 16.8 Å². The smallest absolute Gasteiger partial charge is 0.163 e. The molecule has 0 amide bonds. The van der Waals surface area contributed by atoms with Crippen LogP contribution in [0.3, 0.4) is 0 Å². The van der Waals surface area contributed by atoms with Crippen molar-refractivity contribution in [1.82, 2.24) is 0 Å². The second-order valence-electron chi connectivity index (χ2n) is 6.61. The Morgan fingerprint density at radius 3 is 2.14 bits per heavy atom. The number of halogens is 3. The predicted molar refractivity (Wildman–Crippen MR) is 122 cm³/mol. The van der Waals surface area contributed by atoms with Crippen LogP contribution in [0, 0.1) is 6.92 Å². The number of aryl methyl sites for hydroxylation is 1. The maximum atomic E-state index is 6.51. The van der Waals surface area contributed by atoms with Crippen molar-refractivity contribution in [1.29, 1.82) is 0 Å². The second kappa shape index (κ2) is 10.1. The first-order chi connectivity index (χ1) is 13.9. The van der Waals surface area contributed by atoms with E-state index < -0.39 is 0 Å². The molecule has 3 nitrogen and oxygen atoms in total. The van der Waals surface area contributed by atoms with Crippen molar-refractivity contribution in [3.8, 4) is 11.5 Å². The highest BCUT2D eigenvalue weighted by atomic mass is 35.5. The van der Waals surface area contributed by atoms with Gasteiger partial charge in [0.05, 0.1) is 6.61 Å². The molecule has 0 atom stereocenters. The van der Waals surface area contributed by atoms with Crippen molar-refractivity contribution in [3.05, 3.63) is 86.4 Å². The summed E-state index contributed by atoms with van der Waals surface area (Å²) in [6.07, 6.45) is 0. The fraction of sp³-hybridized carbons (Fsp3) is 0.217. The van der Waals surface area contributed by atoms with Crippen molar-refractivity contribution in [3.63, 3.8) is 0 Å². The van der Waals surface area contributed by atoms with Crippen molar-refractivity contribution in [2.24, 2.45) is 0 Å². The molecule has 0 aromatic heterocycles. The highest BCUT2D eigenvalue weighted by Crippen LogP contribution is 2.35. The van der Waals surface area contributed by atoms with Gasteiger partial charge < -0.3 is 14.8 Å². The lowest BCUT2D eigenvalue weighted by atomic mass is 10.1. The van der Waals surface area contributed by atoms with Gasteiger partial charge in [-0.2, -0.15) is 0 Å². The zero-order valence-electron chi connectivity index (χ0n) is 16.3. The Morgan fingerprint density at radius 1 is 0.828 bits per heavy atom. The Balaban J connectivity index is 1.75. The topological polar surface area (TPSA) is 30.5 Å². The van der Waals surface area contributed by atoms with E-state index in [1.54, 1.807) is 12.1 Å². The molecule has 6 heteroatoms. The molecule has 0 unspecified atom stereocenters. The molecule has 0 radical (unpaired) electrons. The Morgan fingerprint density at radius 2 is 1.48 bits per heavy atom. The summed E-state index contributed by atoms with van der Waals surface area (Å²) < 4.78 is 11.8. The van der Waals surface area contributed by atoms with E-state index >= 15 is 0 Å². The highest BCUT2D eigenvalue weighted by Gasteiger charge is 2.12. The van der Waals surface area contributed by atoms with E-state index in [0.29, 0.717) is 46.3 Å².